The van der Waals surface area contributed by atoms with Crippen LogP contribution in [0, 0.1) is 11.8 Å². The molecular weight excluding hydrogens is 184 g/mol. The van der Waals surface area contributed by atoms with Crippen LogP contribution in [0.25, 0.3) is 0 Å². The van der Waals surface area contributed by atoms with Crippen molar-refractivity contribution in [2.45, 2.75) is 13.8 Å². The molecule has 0 heterocycles. The monoisotopic (exact) mass is 202 g/mol. The van der Waals surface area contributed by atoms with Crippen molar-refractivity contribution >= 4 is 12.0 Å². The first-order chi connectivity index (χ1) is 6.36. The van der Waals surface area contributed by atoms with Gasteiger partial charge in [-0.25, -0.2) is 4.79 Å². The van der Waals surface area contributed by atoms with E-state index < -0.39 is 11.9 Å². The topological polar surface area (TPSA) is 69.6 Å². The van der Waals surface area contributed by atoms with Gasteiger partial charge in [0.1, 0.15) is 0 Å². The molecule has 1 unspecified atom stereocenters. The molecular formula is C9H18N2O3. The van der Waals surface area contributed by atoms with Crippen LogP contribution in [0.2, 0.25) is 0 Å². The molecule has 0 saturated heterocycles. The van der Waals surface area contributed by atoms with E-state index >= 15 is 0 Å². The highest BCUT2D eigenvalue weighted by atomic mass is 16.4. The third-order valence-corrected chi connectivity index (χ3v) is 2.00. The Morgan fingerprint density at radius 1 is 1.36 bits per heavy atom. The maximum absolute atomic E-state index is 11.1. The van der Waals surface area contributed by atoms with Crippen LogP contribution in [0.5, 0.6) is 0 Å². The first-order valence-electron chi connectivity index (χ1n) is 4.54. The van der Waals surface area contributed by atoms with Crippen LogP contribution in [0.1, 0.15) is 13.8 Å². The molecule has 0 radical (unpaired) electrons. The van der Waals surface area contributed by atoms with E-state index in [0.717, 1.165) is 0 Å². The number of aliphatic carboxylic acids is 1. The molecule has 0 fully saturated rings. The van der Waals surface area contributed by atoms with Crippen LogP contribution in [0.3, 0.4) is 0 Å². The minimum absolute atomic E-state index is 0.00922. The number of carbonyl (C=O) groups is 2. The first-order valence-corrected chi connectivity index (χ1v) is 4.54. The molecule has 2 amide bonds. The zero-order valence-corrected chi connectivity index (χ0v) is 9.07. The first kappa shape index (κ1) is 12.7. The van der Waals surface area contributed by atoms with Crippen molar-refractivity contribution in [1.29, 1.82) is 0 Å². The molecule has 0 aromatic rings. The molecule has 82 valence electrons. The SMILES string of the molecule is CC(C)C(CNC(=O)N(C)C)C(=O)O. The molecule has 0 aromatic heterocycles. The van der Waals surface area contributed by atoms with E-state index in [0.29, 0.717) is 0 Å². The summed E-state index contributed by atoms with van der Waals surface area (Å²) < 4.78 is 0. The molecule has 0 spiro atoms. The Labute approximate surface area is 84.1 Å². The highest BCUT2D eigenvalue weighted by Gasteiger charge is 2.22. The number of carboxylic acid groups (broad SMARTS) is 1. The molecule has 14 heavy (non-hydrogen) atoms. The zero-order chi connectivity index (χ0) is 11.3. The van der Waals surface area contributed by atoms with Gasteiger partial charge in [-0.1, -0.05) is 13.8 Å². The van der Waals surface area contributed by atoms with Crippen molar-refractivity contribution < 1.29 is 14.7 Å². The number of carbonyl (C=O) groups excluding carboxylic acids is 1. The van der Waals surface area contributed by atoms with Gasteiger partial charge in [-0.3, -0.25) is 4.79 Å². The second-order valence-electron chi connectivity index (χ2n) is 3.77. The second kappa shape index (κ2) is 5.47. The summed E-state index contributed by atoms with van der Waals surface area (Å²) in [6, 6.07) is -0.267. The van der Waals surface area contributed by atoms with Gasteiger partial charge in [0.05, 0.1) is 5.92 Å². The van der Waals surface area contributed by atoms with E-state index in [1.54, 1.807) is 14.1 Å². The number of rotatable bonds is 4. The lowest BCUT2D eigenvalue weighted by atomic mass is 9.96. The van der Waals surface area contributed by atoms with E-state index in [2.05, 4.69) is 5.32 Å². The predicted molar refractivity (Wildman–Crippen MR) is 53.0 cm³/mol. The average Bonchev–Trinajstić information content (AvgIpc) is 2.02. The molecule has 2 N–H and O–H groups in total. The van der Waals surface area contributed by atoms with Crippen molar-refractivity contribution in [2.24, 2.45) is 11.8 Å². The fourth-order valence-electron chi connectivity index (χ4n) is 0.964. The lowest BCUT2D eigenvalue weighted by Gasteiger charge is -2.18. The van der Waals surface area contributed by atoms with Gasteiger partial charge in [-0.2, -0.15) is 0 Å². The molecule has 0 aliphatic heterocycles. The van der Waals surface area contributed by atoms with Crippen LogP contribution >= 0.6 is 0 Å². The van der Waals surface area contributed by atoms with E-state index in [4.69, 9.17) is 5.11 Å². The van der Waals surface area contributed by atoms with Crippen LogP contribution in [0.15, 0.2) is 0 Å². The van der Waals surface area contributed by atoms with Gasteiger partial charge in [0.25, 0.3) is 0 Å². The van der Waals surface area contributed by atoms with E-state index in [1.807, 2.05) is 13.8 Å². The molecule has 0 saturated carbocycles. The van der Waals surface area contributed by atoms with Gasteiger partial charge in [-0.05, 0) is 5.92 Å². The lowest BCUT2D eigenvalue weighted by molar-refractivity contribution is -0.142. The number of amides is 2. The van der Waals surface area contributed by atoms with E-state index in [-0.39, 0.29) is 18.5 Å². The Bertz CT molecular complexity index is 214. The Morgan fingerprint density at radius 3 is 2.14 bits per heavy atom. The third kappa shape index (κ3) is 4.11. The van der Waals surface area contributed by atoms with Crippen LogP contribution in [0.4, 0.5) is 4.79 Å². The summed E-state index contributed by atoms with van der Waals surface area (Å²) in [6.07, 6.45) is 0. The van der Waals surface area contributed by atoms with Gasteiger partial charge in [-0.15, -0.1) is 0 Å². The summed E-state index contributed by atoms with van der Waals surface area (Å²) in [6.45, 7) is 3.81. The van der Waals surface area contributed by atoms with Gasteiger partial charge in [0.2, 0.25) is 0 Å². The van der Waals surface area contributed by atoms with Crippen molar-refractivity contribution in [1.82, 2.24) is 10.2 Å². The van der Waals surface area contributed by atoms with Gasteiger partial charge < -0.3 is 15.3 Å². The van der Waals surface area contributed by atoms with Crippen LogP contribution < -0.4 is 5.32 Å². The highest BCUT2D eigenvalue weighted by Crippen LogP contribution is 2.09. The lowest BCUT2D eigenvalue weighted by Crippen LogP contribution is -2.40. The van der Waals surface area contributed by atoms with Crippen LogP contribution in [-0.2, 0) is 4.79 Å². The van der Waals surface area contributed by atoms with Gasteiger partial charge in [0.15, 0.2) is 0 Å². The fourth-order valence-corrected chi connectivity index (χ4v) is 0.964. The molecule has 0 bridgehead atoms. The molecule has 5 heteroatoms. The molecule has 0 aliphatic carbocycles. The number of urea groups is 1. The largest absolute Gasteiger partial charge is 0.481 e. The summed E-state index contributed by atoms with van der Waals surface area (Å²) in [5.41, 5.74) is 0. The minimum atomic E-state index is -0.876. The highest BCUT2D eigenvalue weighted by molar-refractivity contribution is 5.75. The fraction of sp³-hybridized carbons (Fsp3) is 0.778. The smallest absolute Gasteiger partial charge is 0.316 e. The van der Waals surface area contributed by atoms with Crippen molar-refractivity contribution in [2.75, 3.05) is 20.6 Å². The molecule has 5 nitrogen and oxygen atoms in total. The standard InChI is InChI=1S/C9H18N2O3/c1-6(2)7(8(12)13)5-10-9(14)11(3)4/h6-7H,5H2,1-4H3,(H,10,14)(H,12,13). The quantitative estimate of drug-likeness (QED) is 0.702. The summed E-state index contributed by atoms with van der Waals surface area (Å²) >= 11 is 0. The normalized spacial score (nSPS) is 12.4. The van der Waals surface area contributed by atoms with Crippen molar-refractivity contribution in [3.05, 3.63) is 0 Å². The number of hydrogen-bond acceptors (Lipinski definition) is 2. The number of nitrogens with zero attached hydrogens (tertiary/aromatic N) is 1. The maximum Gasteiger partial charge on any atom is 0.316 e. The summed E-state index contributed by atoms with van der Waals surface area (Å²) in [7, 11) is 3.22. The Hall–Kier alpha value is -1.26. The third-order valence-electron chi connectivity index (χ3n) is 2.00. The Morgan fingerprint density at radius 2 is 1.86 bits per heavy atom. The summed E-state index contributed by atoms with van der Waals surface area (Å²) in [5, 5.41) is 11.4. The Balaban J connectivity index is 4.08. The van der Waals surface area contributed by atoms with Crippen molar-refractivity contribution in [3.63, 3.8) is 0 Å². The van der Waals surface area contributed by atoms with E-state index in [1.165, 1.54) is 4.90 Å². The zero-order valence-electron chi connectivity index (χ0n) is 9.07. The maximum atomic E-state index is 11.1. The van der Waals surface area contributed by atoms with Crippen LogP contribution in [-0.4, -0.2) is 42.6 Å². The van der Waals surface area contributed by atoms with Crippen molar-refractivity contribution in [3.8, 4) is 0 Å². The average molecular weight is 202 g/mol. The second-order valence-corrected chi connectivity index (χ2v) is 3.77. The molecule has 0 rings (SSSR count). The van der Waals surface area contributed by atoms with Gasteiger partial charge in [0, 0.05) is 20.6 Å². The molecule has 0 aromatic carbocycles. The van der Waals surface area contributed by atoms with E-state index in [9.17, 15) is 9.59 Å². The van der Waals surface area contributed by atoms with Gasteiger partial charge >= 0.3 is 12.0 Å². The minimum Gasteiger partial charge on any atom is -0.481 e. The summed E-state index contributed by atoms with van der Waals surface area (Å²) in [4.78, 5) is 23.2. The molecule has 1 atom stereocenters. The Kier molecular flexibility index (Phi) is 4.97. The predicted octanol–water partition coefficient (Wildman–Crippen LogP) is 0.614. The summed E-state index contributed by atoms with van der Waals surface area (Å²) in [5.74, 6) is -1.40. The number of carboxylic acids is 1. The number of hydrogen-bond donors (Lipinski definition) is 2. The number of nitrogens with one attached hydrogen (secondary N) is 1. The molecule has 0 aliphatic rings.